The summed E-state index contributed by atoms with van der Waals surface area (Å²) >= 11 is 0. The molecule has 0 saturated carbocycles. The van der Waals surface area contributed by atoms with Gasteiger partial charge in [-0.2, -0.15) is 0 Å². The van der Waals surface area contributed by atoms with E-state index in [1.54, 1.807) is 24.4 Å². The summed E-state index contributed by atoms with van der Waals surface area (Å²) < 4.78 is 39.9. The van der Waals surface area contributed by atoms with Gasteiger partial charge in [0.05, 0.1) is 23.6 Å². The summed E-state index contributed by atoms with van der Waals surface area (Å²) in [6.45, 7) is 4.48. The number of ether oxygens (including phenoxy) is 2. The van der Waals surface area contributed by atoms with E-state index in [1.165, 1.54) is 0 Å². The summed E-state index contributed by atoms with van der Waals surface area (Å²) in [5.41, 5.74) is 2.33. The average molecular weight is 555 g/mol. The second-order valence-electron chi connectivity index (χ2n) is 8.81. The van der Waals surface area contributed by atoms with Crippen molar-refractivity contribution >= 4 is 44.7 Å². The van der Waals surface area contributed by atoms with E-state index < -0.39 is 10.0 Å². The maximum absolute atomic E-state index is 13.0. The molecule has 1 saturated heterocycles. The van der Waals surface area contributed by atoms with Crippen molar-refractivity contribution in [2.24, 2.45) is 0 Å². The minimum Gasteiger partial charge on any atom is -0.457 e. The van der Waals surface area contributed by atoms with Crippen LogP contribution in [0, 0.1) is 0 Å². The molecule has 0 radical (unpaired) electrons. The number of sulfonamides is 1. The van der Waals surface area contributed by atoms with E-state index in [0.717, 1.165) is 67.5 Å². The smallest absolute Gasteiger partial charge is 0.240 e. The summed E-state index contributed by atoms with van der Waals surface area (Å²) in [5, 5.41) is 4.10. The lowest BCUT2D eigenvalue weighted by molar-refractivity contribution is 0.0376. The Balaban J connectivity index is 0.00000336. The molecule has 0 aliphatic carbocycles. The number of morpholine rings is 1. The fourth-order valence-corrected chi connectivity index (χ4v) is 5.31. The molecule has 0 spiro atoms. The minimum absolute atomic E-state index is 0. The number of aromatic nitrogens is 1. The fraction of sp³-hybridized carbons (Fsp3) is 0.250. The maximum atomic E-state index is 13.0. The zero-order valence-corrected chi connectivity index (χ0v) is 22.5. The number of nitrogens with zero attached hydrogens (tertiary/aromatic N) is 2. The van der Waals surface area contributed by atoms with Crippen LogP contribution in [0.3, 0.4) is 0 Å². The van der Waals surface area contributed by atoms with Crippen LogP contribution in [0.25, 0.3) is 10.9 Å². The molecule has 1 fully saturated rings. The molecule has 0 atom stereocenters. The second kappa shape index (κ2) is 13.0. The normalized spacial score (nSPS) is 14.1. The number of para-hydroxylation sites is 1. The third-order valence-electron chi connectivity index (χ3n) is 6.18. The highest BCUT2D eigenvalue weighted by Crippen LogP contribution is 2.29. The first-order valence-electron chi connectivity index (χ1n) is 12.4. The molecule has 200 valence electrons. The van der Waals surface area contributed by atoms with Gasteiger partial charge in [-0.25, -0.2) is 13.1 Å². The molecule has 0 amide bonds. The molecule has 0 unspecified atom stereocenters. The monoisotopic (exact) mass is 554 g/mol. The lowest BCUT2D eigenvalue weighted by atomic mass is 10.2. The topological polar surface area (TPSA) is 92.8 Å². The van der Waals surface area contributed by atoms with Crippen LogP contribution in [-0.4, -0.2) is 57.7 Å². The van der Waals surface area contributed by atoms with E-state index in [9.17, 15) is 8.42 Å². The van der Waals surface area contributed by atoms with E-state index in [0.29, 0.717) is 12.1 Å². The summed E-state index contributed by atoms with van der Waals surface area (Å²) in [6, 6.07) is 24.0. The van der Waals surface area contributed by atoms with Crippen molar-refractivity contribution in [2.45, 2.75) is 11.3 Å². The second-order valence-corrected chi connectivity index (χ2v) is 10.6. The zero-order valence-electron chi connectivity index (χ0n) is 20.9. The number of anilines is 2. The zero-order chi connectivity index (χ0) is 25.5. The van der Waals surface area contributed by atoms with Crippen molar-refractivity contribution in [1.29, 1.82) is 0 Å². The number of nitrogens with one attached hydrogen (secondary N) is 2. The van der Waals surface area contributed by atoms with E-state index in [-0.39, 0.29) is 17.3 Å². The van der Waals surface area contributed by atoms with Crippen LogP contribution >= 0.6 is 12.4 Å². The SMILES string of the molecule is Cl.O=S(=O)(NCCCN1CCOCC1)c1ccc2nccc(Nc3ccc(Oc4ccccc4)cc3)c2c1. The first kappa shape index (κ1) is 27.8. The van der Waals surface area contributed by atoms with Crippen molar-refractivity contribution in [2.75, 3.05) is 44.7 Å². The van der Waals surface area contributed by atoms with Gasteiger partial charge >= 0.3 is 0 Å². The Hall–Kier alpha value is -3.21. The van der Waals surface area contributed by atoms with Crippen LogP contribution in [0.2, 0.25) is 0 Å². The Labute approximate surface area is 229 Å². The van der Waals surface area contributed by atoms with Crippen molar-refractivity contribution in [3.05, 3.63) is 85.1 Å². The molecule has 3 aromatic carbocycles. The Bertz CT molecular complexity index is 1430. The summed E-state index contributed by atoms with van der Waals surface area (Å²) in [7, 11) is -3.64. The third kappa shape index (κ3) is 7.21. The summed E-state index contributed by atoms with van der Waals surface area (Å²) in [6.07, 6.45) is 2.45. The van der Waals surface area contributed by atoms with Gasteiger partial charge in [0.15, 0.2) is 0 Å². The minimum atomic E-state index is -3.64. The largest absolute Gasteiger partial charge is 0.457 e. The lowest BCUT2D eigenvalue weighted by Gasteiger charge is -2.26. The number of rotatable bonds is 10. The molecule has 8 nitrogen and oxygen atoms in total. The lowest BCUT2D eigenvalue weighted by Crippen LogP contribution is -2.38. The van der Waals surface area contributed by atoms with Gasteiger partial charge in [-0.15, -0.1) is 12.4 Å². The quantitative estimate of drug-likeness (QED) is 0.260. The standard InChI is InChI=1S/C28H30N4O4S.ClH/c33-37(34,30-14-4-16-32-17-19-35-20-18-32)25-11-12-27-26(21-25)28(13-15-29-27)31-22-7-9-24(10-8-22)36-23-5-2-1-3-6-23;/h1-3,5-13,15,21,30H,4,14,16-20H2,(H,29,31);1H. The molecule has 2 heterocycles. The molecule has 38 heavy (non-hydrogen) atoms. The molecular formula is C28H31ClN4O4S. The predicted molar refractivity (Wildman–Crippen MR) is 152 cm³/mol. The van der Waals surface area contributed by atoms with Crippen LogP contribution in [0.5, 0.6) is 11.5 Å². The molecule has 1 aliphatic rings. The van der Waals surface area contributed by atoms with Crippen LogP contribution in [-0.2, 0) is 14.8 Å². The van der Waals surface area contributed by atoms with Gasteiger partial charge in [0.1, 0.15) is 11.5 Å². The maximum Gasteiger partial charge on any atom is 0.240 e. The highest BCUT2D eigenvalue weighted by Gasteiger charge is 2.16. The highest BCUT2D eigenvalue weighted by atomic mass is 35.5. The van der Waals surface area contributed by atoms with E-state index in [4.69, 9.17) is 9.47 Å². The molecule has 1 aromatic heterocycles. The Kier molecular flexibility index (Phi) is 9.54. The summed E-state index contributed by atoms with van der Waals surface area (Å²) in [4.78, 5) is 6.91. The highest BCUT2D eigenvalue weighted by molar-refractivity contribution is 7.89. The van der Waals surface area contributed by atoms with Gasteiger partial charge in [0.2, 0.25) is 10.0 Å². The van der Waals surface area contributed by atoms with Gasteiger partial charge < -0.3 is 14.8 Å². The fourth-order valence-electron chi connectivity index (χ4n) is 4.21. The molecule has 10 heteroatoms. The van der Waals surface area contributed by atoms with E-state index in [1.807, 2.05) is 60.7 Å². The molecule has 5 rings (SSSR count). The number of halogens is 1. The van der Waals surface area contributed by atoms with Gasteiger partial charge in [0.25, 0.3) is 0 Å². The van der Waals surface area contributed by atoms with Gasteiger partial charge in [0, 0.05) is 42.6 Å². The Morgan fingerprint density at radius 2 is 1.66 bits per heavy atom. The summed E-state index contributed by atoms with van der Waals surface area (Å²) in [5.74, 6) is 1.50. The number of pyridine rings is 1. The van der Waals surface area contributed by atoms with Gasteiger partial charge in [-0.1, -0.05) is 18.2 Å². The van der Waals surface area contributed by atoms with Gasteiger partial charge in [-0.3, -0.25) is 9.88 Å². The first-order chi connectivity index (χ1) is 18.1. The molecule has 0 bridgehead atoms. The number of benzene rings is 3. The number of hydrogen-bond donors (Lipinski definition) is 2. The van der Waals surface area contributed by atoms with E-state index >= 15 is 0 Å². The average Bonchev–Trinajstić information content (AvgIpc) is 2.93. The predicted octanol–water partition coefficient (Wildman–Crippen LogP) is 5.19. The van der Waals surface area contributed by atoms with Crippen molar-refractivity contribution < 1.29 is 17.9 Å². The number of fused-ring (bicyclic) bond motifs is 1. The van der Waals surface area contributed by atoms with Crippen LogP contribution < -0.4 is 14.8 Å². The van der Waals surface area contributed by atoms with Crippen molar-refractivity contribution in [3.63, 3.8) is 0 Å². The molecular weight excluding hydrogens is 524 g/mol. The third-order valence-corrected chi connectivity index (χ3v) is 7.64. The first-order valence-corrected chi connectivity index (χ1v) is 13.8. The van der Waals surface area contributed by atoms with E-state index in [2.05, 4.69) is 19.9 Å². The van der Waals surface area contributed by atoms with Crippen molar-refractivity contribution in [1.82, 2.24) is 14.6 Å². The van der Waals surface area contributed by atoms with Crippen LogP contribution in [0.4, 0.5) is 11.4 Å². The van der Waals surface area contributed by atoms with Crippen molar-refractivity contribution in [3.8, 4) is 11.5 Å². The Morgan fingerprint density at radius 3 is 2.42 bits per heavy atom. The molecule has 1 aliphatic heterocycles. The van der Waals surface area contributed by atoms with Crippen LogP contribution in [0.15, 0.2) is 90.0 Å². The molecule has 4 aromatic rings. The van der Waals surface area contributed by atoms with Crippen LogP contribution in [0.1, 0.15) is 6.42 Å². The number of hydrogen-bond acceptors (Lipinski definition) is 7. The molecule has 2 N–H and O–H groups in total. The van der Waals surface area contributed by atoms with Gasteiger partial charge in [-0.05, 0) is 73.6 Å². The Morgan fingerprint density at radius 1 is 0.921 bits per heavy atom.